The maximum atomic E-state index is 13.0. The van der Waals surface area contributed by atoms with Crippen LogP contribution >= 0.6 is 11.6 Å². The van der Waals surface area contributed by atoms with Gasteiger partial charge in [0.25, 0.3) is 5.60 Å². The number of ether oxygens (including phenoxy) is 1. The minimum atomic E-state index is -5.66. The van der Waals surface area contributed by atoms with Crippen LogP contribution in [0.25, 0.3) is 0 Å². The highest BCUT2D eigenvalue weighted by atomic mass is 35.5. The Hall–Kier alpha value is -0.950. The summed E-state index contributed by atoms with van der Waals surface area (Å²) < 4.78 is 82.1. The fourth-order valence-electron chi connectivity index (χ4n) is 2.05. The Bertz CT molecular complexity index is 493. The summed E-state index contributed by atoms with van der Waals surface area (Å²) in [5.41, 5.74) is -7.22. The second-order valence-electron chi connectivity index (χ2n) is 4.20. The Balaban J connectivity index is 2.78. The molecule has 0 amide bonds. The SMILES string of the molecule is Cc1ccc2c(c1)C(C(F)(F)F)(C(F)(F)F)OC2Cl. The third-order valence-electron chi connectivity index (χ3n) is 2.91. The van der Waals surface area contributed by atoms with Crippen LogP contribution in [-0.2, 0) is 10.3 Å². The Morgan fingerprint density at radius 1 is 1.11 bits per heavy atom. The van der Waals surface area contributed by atoms with E-state index in [4.69, 9.17) is 11.6 Å². The van der Waals surface area contributed by atoms with E-state index in [1.54, 1.807) is 0 Å². The number of hydrogen-bond acceptors (Lipinski definition) is 1. The zero-order chi connectivity index (χ0) is 14.6. The molecule has 0 bridgehead atoms. The third-order valence-corrected chi connectivity index (χ3v) is 3.24. The van der Waals surface area contributed by atoms with E-state index in [1.165, 1.54) is 13.0 Å². The smallest absolute Gasteiger partial charge is 0.330 e. The number of fused-ring (bicyclic) bond motifs is 1. The van der Waals surface area contributed by atoms with Gasteiger partial charge in [0.15, 0.2) is 5.56 Å². The highest BCUT2D eigenvalue weighted by Gasteiger charge is 2.76. The van der Waals surface area contributed by atoms with Gasteiger partial charge in [-0.05, 0) is 6.92 Å². The quantitative estimate of drug-likeness (QED) is 0.503. The van der Waals surface area contributed by atoms with Crippen molar-refractivity contribution >= 4 is 11.6 Å². The van der Waals surface area contributed by atoms with Crippen LogP contribution < -0.4 is 0 Å². The first-order valence-electron chi connectivity index (χ1n) is 5.07. The largest absolute Gasteiger partial charge is 0.430 e. The topological polar surface area (TPSA) is 9.23 Å². The van der Waals surface area contributed by atoms with Gasteiger partial charge in [-0.15, -0.1) is 0 Å². The summed E-state index contributed by atoms with van der Waals surface area (Å²) in [6, 6.07) is 3.29. The van der Waals surface area contributed by atoms with Crippen molar-refractivity contribution < 1.29 is 31.1 Å². The second-order valence-corrected chi connectivity index (χ2v) is 4.60. The van der Waals surface area contributed by atoms with Crippen LogP contribution in [0.15, 0.2) is 18.2 Å². The van der Waals surface area contributed by atoms with Gasteiger partial charge in [-0.2, -0.15) is 26.3 Å². The molecule has 1 nitrogen and oxygen atoms in total. The van der Waals surface area contributed by atoms with Gasteiger partial charge in [0.2, 0.25) is 0 Å². The predicted molar refractivity (Wildman–Crippen MR) is 54.6 cm³/mol. The number of halogens is 7. The average Bonchev–Trinajstić information content (AvgIpc) is 2.51. The molecular weight excluding hydrogens is 298 g/mol. The Labute approximate surface area is 109 Å². The molecule has 1 aromatic rings. The average molecular weight is 305 g/mol. The van der Waals surface area contributed by atoms with Crippen LogP contribution in [0.4, 0.5) is 26.3 Å². The first-order valence-corrected chi connectivity index (χ1v) is 5.51. The number of alkyl halides is 7. The van der Waals surface area contributed by atoms with Gasteiger partial charge in [0, 0.05) is 11.1 Å². The van der Waals surface area contributed by atoms with E-state index in [-0.39, 0.29) is 11.1 Å². The molecular formula is C11H7ClF6O. The molecule has 2 rings (SSSR count). The molecule has 1 unspecified atom stereocenters. The first-order chi connectivity index (χ1) is 8.50. The molecule has 0 saturated heterocycles. The molecule has 0 fully saturated rings. The van der Waals surface area contributed by atoms with Crippen LogP contribution in [0.3, 0.4) is 0 Å². The zero-order valence-electron chi connectivity index (χ0n) is 9.36. The molecule has 106 valence electrons. The summed E-state index contributed by atoms with van der Waals surface area (Å²) in [7, 11) is 0. The van der Waals surface area contributed by atoms with Crippen molar-refractivity contribution in [1.29, 1.82) is 0 Å². The third kappa shape index (κ3) is 1.90. The Morgan fingerprint density at radius 3 is 2.11 bits per heavy atom. The van der Waals surface area contributed by atoms with Gasteiger partial charge >= 0.3 is 12.4 Å². The summed E-state index contributed by atoms with van der Waals surface area (Å²) in [4.78, 5) is 0. The zero-order valence-corrected chi connectivity index (χ0v) is 10.1. The van der Waals surface area contributed by atoms with Gasteiger partial charge in [0.05, 0.1) is 0 Å². The molecule has 0 radical (unpaired) electrons. The van der Waals surface area contributed by atoms with Crippen LogP contribution in [-0.4, -0.2) is 12.4 Å². The fraction of sp³-hybridized carbons (Fsp3) is 0.455. The maximum Gasteiger partial charge on any atom is 0.430 e. The van der Waals surface area contributed by atoms with Gasteiger partial charge < -0.3 is 4.74 Å². The lowest BCUT2D eigenvalue weighted by molar-refractivity contribution is -0.386. The van der Waals surface area contributed by atoms with Crippen LogP contribution in [0, 0.1) is 6.92 Å². The van der Waals surface area contributed by atoms with Gasteiger partial charge in [-0.3, -0.25) is 0 Å². The lowest BCUT2D eigenvalue weighted by Gasteiger charge is -2.33. The summed E-state index contributed by atoms with van der Waals surface area (Å²) in [5, 5.41) is 0. The number of rotatable bonds is 0. The van der Waals surface area contributed by atoms with Gasteiger partial charge in [-0.1, -0.05) is 35.4 Å². The molecule has 1 aliphatic heterocycles. The molecule has 1 aliphatic rings. The van der Waals surface area contributed by atoms with Crippen molar-refractivity contribution in [2.24, 2.45) is 0 Å². The van der Waals surface area contributed by atoms with E-state index >= 15 is 0 Å². The highest BCUT2D eigenvalue weighted by Crippen LogP contribution is 2.60. The Morgan fingerprint density at radius 2 is 1.63 bits per heavy atom. The van der Waals surface area contributed by atoms with Crippen molar-refractivity contribution in [3.8, 4) is 0 Å². The minimum absolute atomic E-state index is 0.256. The van der Waals surface area contributed by atoms with Crippen molar-refractivity contribution in [2.45, 2.75) is 30.4 Å². The molecule has 1 aromatic carbocycles. The van der Waals surface area contributed by atoms with E-state index in [9.17, 15) is 26.3 Å². The standard InChI is InChI=1S/C11H7ClF6O/c1-5-2-3-6-7(4-5)9(10(13,14)15,11(16,17)18)19-8(6)12/h2-4,8H,1H3. The lowest BCUT2D eigenvalue weighted by Crippen LogP contribution is -2.53. The number of hydrogen-bond donors (Lipinski definition) is 0. The first kappa shape index (κ1) is 14.5. The fourth-order valence-corrected chi connectivity index (χ4v) is 2.38. The summed E-state index contributed by atoms with van der Waals surface area (Å²) >= 11 is 5.47. The van der Waals surface area contributed by atoms with E-state index < -0.39 is 29.1 Å². The maximum absolute atomic E-state index is 13.0. The van der Waals surface area contributed by atoms with E-state index in [2.05, 4.69) is 4.74 Å². The number of benzene rings is 1. The minimum Gasteiger partial charge on any atom is -0.330 e. The summed E-state index contributed by atoms with van der Waals surface area (Å²) in [6.07, 6.45) is -11.3. The molecule has 8 heteroatoms. The van der Waals surface area contributed by atoms with E-state index in [1.807, 2.05) is 0 Å². The van der Waals surface area contributed by atoms with Crippen LogP contribution in [0.5, 0.6) is 0 Å². The van der Waals surface area contributed by atoms with E-state index in [0.717, 1.165) is 12.1 Å². The van der Waals surface area contributed by atoms with E-state index in [0.29, 0.717) is 0 Å². The normalized spacial score (nSPS) is 22.4. The van der Waals surface area contributed by atoms with Gasteiger partial charge in [-0.25, -0.2) is 0 Å². The summed E-state index contributed by atoms with van der Waals surface area (Å²) in [6.45, 7) is 1.39. The Kier molecular flexibility index (Phi) is 3.06. The lowest BCUT2D eigenvalue weighted by atomic mass is 9.89. The van der Waals surface area contributed by atoms with Crippen LogP contribution in [0.1, 0.15) is 22.3 Å². The predicted octanol–water partition coefficient (Wildman–Crippen LogP) is 4.58. The molecule has 0 aromatic heterocycles. The molecule has 0 spiro atoms. The highest BCUT2D eigenvalue weighted by molar-refractivity contribution is 6.20. The van der Waals surface area contributed by atoms with Gasteiger partial charge in [0.1, 0.15) is 0 Å². The van der Waals surface area contributed by atoms with Crippen molar-refractivity contribution in [3.05, 3.63) is 34.9 Å². The number of aryl methyl sites for hydroxylation is 1. The molecule has 1 atom stereocenters. The molecule has 0 aliphatic carbocycles. The molecule has 0 N–H and O–H groups in total. The van der Waals surface area contributed by atoms with Crippen molar-refractivity contribution in [2.75, 3.05) is 0 Å². The molecule has 1 heterocycles. The van der Waals surface area contributed by atoms with Crippen LogP contribution in [0.2, 0.25) is 0 Å². The van der Waals surface area contributed by atoms with Crippen molar-refractivity contribution in [1.82, 2.24) is 0 Å². The van der Waals surface area contributed by atoms with Crippen molar-refractivity contribution in [3.63, 3.8) is 0 Å². The second kappa shape index (κ2) is 4.02. The molecule has 0 saturated carbocycles. The monoisotopic (exact) mass is 304 g/mol. The summed E-state index contributed by atoms with van der Waals surface area (Å²) in [5.74, 6) is 0. The molecule has 19 heavy (non-hydrogen) atoms.